The topological polar surface area (TPSA) is 364 Å². The van der Waals surface area contributed by atoms with E-state index < -0.39 is 23.9 Å². The van der Waals surface area contributed by atoms with E-state index in [1.807, 2.05) is 76.2 Å². The molecule has 5 atom stereocenters. The number of carbonyl (C=O) groups is 4. The van der Waals surface area contributed by atoms with Crippen LogP contribution in [0.15, 0.2) is 105 Å². The van der Waals surface area contributed by atoms with E-state index in [9.17, 15) is 29.4 Å². The minimum Gasteiger partial charge on any atom is -0.508 e. The lowest BCUT2D eigenvalue weighted by atomic mass is 9.89. The number of phenolic OH excluding ortho intramolecular Hbond substituents is 2. The number of aliphatic imine (C=N–C) groups is 4. The van der Waals surface area contributed by atoms with Crippen molar-refractivity contribution in [1.29, 1.82) is 0 Å². The maximum atomic E-state index is 13.6. The first kappa shape index (κ1) is 60.3. The number of amidine groups is 1. The van der Waals surface area contributed by atoms with E-state index in [4.69, 9.17) is 40.1 Å². The molecule has 4 aromatic rings. The van der Waals surface area contributed by atoms with Crippen molar-refractivity contribution in [3.05, 3.63) is 129 Å². The Bertz CT molecular complexity index is 2540. The van der Waals surface area contributed by atoms with E-state index in [0.717, 1.165) is 51.8 Å². The molecular weight excluding hydrogens is 939 g/mol. The van der Waals surface area contributed by atoms with Gasteiger partial charge in [-0.3, -0.25) is 29.2 Å². The van der Waals surface area contributed by atoms with E-state index in [0.29, 0.717) is 44.6 Å². The van der Waals surface area contributed by atoms with Crippen LogP contribution in [0.3, 0.4) is 0 Å². The van der Waals surface area contributed by atoms with Gasteiger partial charge in [0.2, 0.25) is 11.8 Å². The van der Waals surface area contributed by atoms with Gasteiger partial charge in [-0.1, -0.05) is 67.6 Å². The van der Waals surface area contributed by atoms with Crippen molar-refractivity contribution in [1.82, 2.24) is 10.6 Å². The lowest BCUT2D eigenvalue weighted by Gasteiger charge is -2.21. The number of aryl methyl sites for hydroxylation is 5. The van der Waals surface area contributed by atoms with Gasteiger partial charge in [0.05, 0.1) is 11.9 Å². The summed E-state index contributed by atoms with van der Waals surface area (Å²) in [5.41, 5.74) is 46.6. The Hall–Kier alpha value is -7.96. The van der Waals surface area contributed by atoms with Gasteiger partial charge in [0, 0.05) is 57.2 Å². The minimum absolute atomic E-state index is 0.0432. The zero-order valence-corrected chi connectivity index (χ0v) is 43.8. The standard InChI is InChI=1S/C30H45N9O3.C25H34N4O3/c1-18-12-24(40)13-19(2)25(18)16-26(39-30(34)35)27(41)15-22(10-7-11-36-29(32)33)28(42)37-17-23(38-20(3)31)14-21-8-5-4-6-9-21;1-16-12-20(30)13-17(2)21(16)15-22(29-25(26)27)23(31)14-18(3)24(32)28-11-7-10-19-8-5-4-6-9-19/h4-6,8-9,12-13,22-23,26,40H,7,10-11,14-17H2,1-3H3,(H2,31,38)(H,37,42)(H4,32,33,36)(H4,34,35,39);4-6,8-9,12-13,18,22,30H,7,10-11,14-15H2,1-3H3,(H,28,32)(H4,26,27,29)/t22-,23-,26-;18-,22-/m00/s1. The molecule has 0 saturated heterocycles. The normalized spacial score (nSPS) is 13.1. The Kier molecular flexibility index (Phi) is 25.1. The van der Waals surface area contributed by atoms with Crippen LogP contribution in [0.4, 0.5) is 0 Å². The monoisotopic (exact) mass is 1020 g/mol. The summed E-state index contributed by atoms with van der Waals surface area (Å²) in [6.45, 7) is 12.0. The SMILES string of the molecule is CC(N)=N[C@H](CNC(=O)[C@@H](CCCN=C(N)N)CC(=O)[C@H](Cc1c(C)cc(O)cc1C)N=C(N)N)Cc1ccccc1.Cc1cc(O)cc(C)c1C[C@H](N=C(N)N)C(=O)C[C@H](C)C(=O)NCCCc1ccccc1. The first-order valence-electron chi connectivity index (χ1n) is 24.8. The summed E-state index contributed by atoms with van der Waals surface area (Å²) in [5, 5.41) is 25.6. The molecule has 0 aromatic heterocycles. The zero-order valence-electron chi connectivity index (χ0n) is 43.8. The summed E-state index contributed by atoms with van der Waals surface area (Å²) in [6, 6.07) is 24.4. The Morgan fingerprint density at radius 2 is 1.05 bits per heavy atom. The second kappa shape index (κ2) is 30.8. The van der Waals surface area contributed by atoms with Crippen molar-refractivity contribution in [3.8, 4) is 11.5 Å². The molecule has 0 aliphatic carbocycles. The number of benzene rings is 4. The van der Waals surface area contributed by atoms with E-state index in [2.05, 4.69) is 42.7 Å². The summed E-state index contributed by atoms with van der Waals surface area (Å²) in [5.74, 6) is -1.82. The number of amides is 2. The minimum atomic E-state index is -0.903. The fourth-order valence-electron chi connectivity index (χ4n) is 8.60. The molecule has 4 aromatic carbocycles. The fourth-order valence-corrected chi connectivity index (χ4v) is 8.60. The van der Waals surface area contributed by atoms with E-state index in [-0.39, 0.29) is 84.6 Å². The van der Waals surface area contributed by atoms with Crippen LogP contribution >= 0.6 is 0 Å². The Labute approximate surface area is 435 Å². The summed E-state index contributed by atoms with van der Waals surface area (Å²) < 4.78 is 0. The maximum absolute atomic E-state index is 13.6. The molecule has 0 spiro atoms. The molecular formula is C55H79N13O6. The van der Waals surface area contributed by atoms with Crippen molar-refractivity contribution >= 4 is 47.1 Å². The Balaban J connectivity index is 0.000000405. The summed E-state index contributed by atoms with van der Waals surface area (Å²) in [4.78, 5) is 69.3. The van der Waals surface area contributed by atoms with Crippen LogP contribution in [0, 0.1) is 39.5 Å². The molecule has 74 heavy (non-hydrogen) atoms. The molecule has 0 bridgehead atoms. The number of ketones is 2. The summed E-state index contributed by atoms with van der Waals surface area (Å²) >= 11 is 0. The Morgan fingerprint density at radius 1 is 0.581 bits per heavy atom. The van der Waals surface area contributed by atoms with Crippen LogP contribution in [-0.2, 0) is 44.9 Å². The number of Topliss-reactive ketones (excluding diaryl/α,β-unsaturated/α-hetero) is 2. The lowest BCUT2D eigenvalue weighted by molar-refractivity contribution is -0.130. The number of hydrogen-bond donors (Lipinski definition) is 11. The second-order valence-corrected chi connectivity index (χ2v) is 18.8. The van der Waals surface area contributed by atoms with Crippen LogP contribution in [0.2, 0.25) is 0 Å². The van der Waals surface area contributed by atoms with Gasteiger partial charge in [-0.15, -0.1) is 0 Å². The predicted octanol–water partition coefficient (Wildman–Crippen LogP) is 3.46. The molecule has 4 rings (SSSR count). The van der Waals surface area contributed by atoms with E-state index in [1.165, 1.54) is 5.56 Å². The molecule has 18 N–H and O–H groups in total. The molecule has 2 amide bonds. The molecule has 19 heteroatoms. The van der Waals surface area contributed by atoms with Crippen LogP contribution in [0.1, 0.15) is 90.5 Å². The number of phenols is 2. The zero-order chi connectivity index (χ0) is 54.9. The van der Waals surface area contributed by atoms with Crippen molar-refractivity contribution in [2.75, 3.05) is 19.6 Å². The van der Waals surface area contributed by atoms with Crippen LogP contribution < -0.4 is 50.8 Å². The number of rotatable bonds is 27. The van der Waals surface area contributed by atoms with E-state index >= 15 is 0 Å². The predicted molar refractivity (Wildman–Crippen MR) is 296 cm³/mol. The number of carbonyl (C=O) groups excluding carboxylic acids is 4. The molecule has 0 aliphatic heterocycles. The van der Waals surface area contributed by atoms with Gasteiger partial charge >= 0.3 is 0 Å². The number of aromatic hydroxyl groups is 2. The molecule has 0 unspecified atom stereocenters. The Morgan fingerprint density at radius 3 is 1.51 bits per heavy atom. The first-order chi connectivity index (χ1) is 35.0. The summed E-state index contributed by atoms with van der Waals surface area (Å²) in [6.07, 6.45) is 3.62. The molecule has 400 valence electrons. The maximum Gasteiger partial charge on any atom is 0.223 e. The molecule has 0 heterocycles. The molecule has 0 aliphatic rings. The van der Waals surface area contributed by atoms with Crippen molar-refractivity contribution in [3.63, 3.8) is 0 Å². The second-order valence-electron chi connectivity index (χ2n) is 18.8. The van der Waals surface area contributed by atoms with Gasteiger partial charge in [-0.2, -0.15) is 0 Å². The highest BCUT2D eigenvalue weighted by atomic mass is 16.3. The fraction of sp³-hybridized carbons (Fsp3) is 0.418. The van der Waals surface area contributed by atoms with Crippen molar-refractivity contribution < 1.29 is 29.4 Å². The summed E-state index contributed by atoms with van der Waals surface area (Å²) in [7, 11) is 0. The molecule has 0 fully saturated rings. The third-order valence-electron chi connectivity index (χ3n) is 12.3. The number of guanidine groups is 3. The van der Waals surface area contributed by atoms with Gasteiger partial charge in [0.25, 0.3) is 0 Å². The average Bonchev–Trinajstić information content (AvgIpc) is 3.32. The van der Waals surface area contributed by atoms with Crippen molar-refractivity contribution in [2.24, 2.45) is 71.9 Å². The van der Waals surface area contributed by atoms with Gasteiger partial charge in [-0.05, 0) is 135 Å². The smallest absolute Gasteiger partial charge is 0.223 e. The van der Waals surface area contributed by atoms with Crippen LogP contribution in [0.5, 0.6) is 11.5 Å². The van der Waals surface area contributed by atoms with Crippen LogP contribution in [0.25, 0.3) is 0 Å². The first-order valence-corrected chi connectivity index (χ1v) is 24.8. The third kappa shape index (κ3) is 22.2. The van der Waals surface area contributed by atoms with Gasteiger partial charge in [-0.25, -0.2) is 9.98 Å². The highest BCUT2D eigenvalue weighted by Gasteiger charge is 2.29. The van der Waals surface area contributed by atoms with Gasteiger partial charge in [0.15, 0.2) is 29.4 Å². The van der Waals surface area contributed by atoms with E-state index in [1.54, 1.807) is 38.1 Å². The van der Waals surface area contributed by atoms with Crippen molar-refractivity contribution in [2.45, 2.75) is 117 Å². The number of nitrogens with zero attached hydrogens (tertiary/aromatic N) is 4. The number of hydrogen-bond acceptors (Lipinski definition) is 10. The van der Waals surface area contributed by atoms with Crippen LogP contribution in [-0.4, -0.2) is 95.1 Å². The molecule has 0 radical (unpaired) electrons. The third-order valence-corrected chi connectivity index (χ3v) is 12.3. The highest BCUT2D eigenvalue weighted by Crippen LogP contribution is 2.26. The number of nitrogens with two attached hydrogens (primary N) is 7. The quantitative estimate of drug-likeness (QED) is 0.0232. The molecule has 0 saturated carbocycles. The van der Waals surface area contributed by atoms with Gasteiger partial charge in [0.1, 0.15) is 23.6 Å². The molecule has 19 nitrogen and oxygen atoms in total. The average molecular weight is 1020 g/mol. The number of nitrogens with one attached hydrogen (secondary N) is 2. The highest BCUT2D eigenvalue weighted by molar-refractivity contribution is 5.93. The van der Waals surface area contributed by atoms with Gasteiger partial charge < -0.3 is 61.0 Å². The largest absolute Gasteiger partial charge is 0.508 e. The lowest BCUT2D eigenvalue weighted by Crippen LogP contribution is -2.39.